The van der Waals surface area contributed by atoms with Gasteiger partial charge in [0.05, 0.1) is 5.92 Å². The van der Waals surface area contributed by atoms with Crippen LogP contribution in [0.4, 0.5) is 4.79 Å². The van der Waals surface area contributed by atoms with Crippen molar-refractivity contribution in [2.75, 3.05) is 26.9 Å². The molecule has 0 aromatic rings. The minimum Gasteiger partial charge on any atom is -0.444 e. The Balaban J connectivity index is 2.50. The predicted octanol–water partition coefficient (Wildman–Crippen LogP) is 1.35. The fourth-order valence-electron chi connectivity index (χ4n) is 1.97. The molecule has 0 saturated carbocycles. The zero-order valence-electron chi connectivity index (χ0n) is 12.2. The summed E-state index contributed by atoms with van der Waals surface area (Å²) in [5, 5.41) is 2.67. The predicted molar refractivity (Wildman–Crippen MR) is 70.5 cm³/mol. The first kappa shape index (κ1) is 15.8. The molecule has 1 aliphatic heterocycles. The maximum atomic E-state index is 11.9. The van der Waals surface area contributed by atoms with E-state index in [2.05, 4.69) is 5.32 Å². The van der Waals surface area contributed by atoms with E-state index in [1.807, 2.05) is 20.8 Å². The van der Waals surface area contributed by atoms with Crippen molar-refractivity contribution in [3.63, 3.8) is 0 Å². The van der Waals surface area contributed by atoms with Gasteiger partial charge in [0.2, 0.25) is 5.91 Å². The summed E-state index contributed by atoms with van der Waals surface area (Å²) in [4.78, 5) is 25.4. The number of carbonyl (C=O) groups is 2. The molecule has 1 unspecified atom stereocenters. The molecule has 0 aromatic heterocycles. The SMILES string of the molecule is COCNC(=O)C1CCCN(C(=O)OC(C)(C)C)C1. The number of ether oxygens (including phenoxy) is 2. The van der Waals surface area contributed by atoms with Crippen molar-refractivity contribution in [3.05, 3.63) is 0 Å². The first-order valence-electron chi connectivity index (χ1n) is 6.58. The van der Waals surface area contributed by atoms with Gasteiger partial charge < -0.3 is 19.7 Å². The first-order valence-corrected chi connectivity index (χ1v) is 6.58. The average Bonchev–Trinajstić information content (AvgIpc) is 2.34. The summed E-state index contributed by atoms with van der Waals surface area (Å²) >= 11 is 0. The number of hydrogen-bond acceptors (Lipinski definition) is 4. The van der Waals surface area contributed by atoms with Crippen LogP contribution in [0.3, 0.4) is 0 Å². The summed E-state index contributed by atoms with van der Waals surface area (Å²) in [6, 6.07) is 0. The molecule has 2 amide bonds. The number of carbonyl (C=O) groups excluding carboxylic acids is 2. The largest absolute Gasteiger partial charge is 0.444 e. The van der Waals surface area contributed by atoms with Gasteiger partial charge in [0.25, 0.3) is 0 Å². The van der Waals surface area contributed by atoms with Gasteiger partial charge in [-0.1, -0.05) is 0 Å². The highest BCUT2D eigenvalue weighted by molar-refractivity contribution is 5.79. The smallest absolute Gasteiger partial charge is 0.410 e. The Hall–Kier alpha value is -1.30. The minimum absolute atomic E-state index is 0.0740. The van der Waals surface area contributed by atoms with Gasteiger partial charge in [-0.15, -0.1) is 0 Å². The molecule has 1 saturated heterocycles. The zero-order chi connectivity index (χ0) is 14.5. The van der Waals surface area contributed by atoms with E-state index in [-0.39, 0.29) is 24.6 Å². The van der Waals surface area contributed by atoms with Crippen LogP contribution >= 0.6 is 0 Å². The molecule has 1 fully saturated rings. The normalized spacial score (nSPS) is 20.0. The van der Waals surface area contributed by atoms with Gasteiger partial charge in [0, 0.05) is 20.2 Å². The van der Waals surface area contributed by atoms with Crippen LogP contribution in [0.1, 0.15) is 33.6 Å². The lowest BCUT2D eigenvalue weighted by atomic mass is 9.97. The number of nitrogens with zero attached hydrogens (tertiary/aromatic N) is 1. The molecule has 110 valence electrons. The van der Waals surface area contributed by atoms with E-state index in [1.54, 1.807) is 4.90 Å². The quantitative estimate of drug-likeness (QED) is 0.788. The Bertz CT molecular complexity index is 325. The summed E-state index contributed by atoms with van der Waals surface area (Å²) < 4.78 is 10.1. The molecule has 0 aliphatic carbocycles. The number of likely N-dealkylation sites (tertiary alicyclic amines) is 1. The number of piperidine rings is 1. The van der Waals surface area contributed by atoms with Gasteiger partial charge in [0.1, 0.15) is 12.3 Å². The molecular formula is C13H24N2O4. The Morgan fingerprint density at radius 2 is 2.05 bits per heavy atom. The van der Waals surface area contributed by atoms with Crippen molar-refractivity contribution in [2.24, 2.45) is 5.92 Å². The van der Waals surface area contributed by atoms with Crippen molar-refractivity contribution in [3.8, 4) is 0 Å². The fourth-order valence-corrected chi connectivity index (χ4v) is 1.97. The number of amides is 2. The Labute approximate surface area is 114 Å². The molecule has 0 radical (unpaired) electrons. The molecule has 1 rings (SSSR count). The molecule has 1 aliphatic rings. The highest BCUT2D eigenvalue weighted by Crippen LogP contribution is 2.19. The molecular weight excluding hydrogens is 248 g/mol. The third-order valence-corrected chi connectivity index (χ3v) is 2.83. The van der Waals surface area contributed by atoms with E-state index in [4.69, 9.17) is 9.47 Å². The molecule has 0 spiro atoms. The summed E-state index contributed by atoms with van der Waals surface area (Å²) in [5.41, 5.74) is -0.512. The topological polar surface area (TPSA) is 67.9 Å². The molecule has 6 heteroatoms. The lowest BCUT2D eigenvalue weighted by molar-refractivity contribution is -0.128. The summed E-state index contributed by atoms with van der Waals surface area (Å²) in [7, 11) is 1.52. The second-order valence-electron chi connectivity index (χ2n) is 5.74. The standard InChI is InChI=1S/C13H24N2O4/c1-13(2,3)19-12(17)15-7-5-6-10(8-15)11(16)14-9-18-4/h10H,5-9H2,1-4H3,(H,14,16). The van der Waals surface area contributed by atoms with E-state index < -0.39 is 5.60 Å². The lowest BCUT2D eigenvalue weighted by Gasteiger charge is -2.33. The van der Waals surface area contributed by atoms with Gasteiger partial charge in [-0.05, 0) is 33.6 Å². The maximum Gasteiger partial charge on any atom is 0.410 e. The lowest BCUT2D eigenvalue weighted by Crippen LogP contribution is -2.47. The van der Waals surface area contributed by atoms with Gasteiger partial charge in [0.15, 0.2) is 0 Å². The highest BCUT2D eigenvalue weighted by Gasteiger charge is 2.30. The second-order valence-corrected chi connectivity index (χ2v) is 5.74. The van der Waals surface area contributed by atoms with Crippen LogP contribution in [0.25, 0.3) is 0 Å². The fraction of sp³-hybridized carbons (Fsp3) is 0.846. The van der Waals surface area contributed by atoms with E-state index in [0.717, 1.165) is 12.8 Å². The molecule has 0 aromatic carbocycles. The average molecular weight is 272 g/mol. The van der Waals surface area contributed by atoms with E-state index in [0.29, 0.717) is 13.1 Å². The monoisotopic (exact) mass is 272 g/mol. The van der Waals surface area contributed by atoms with Crippen LogP contribution in [-0.2, 0) is 14.3 Å². The Morgan fingerprint density at radius 3 is 2.63 bits per heavy atom. The summed E-state index contributed by atoms with van der Waals surface area (Å²) in [5.74, 6) is -0.258. The molecule has 1 atom stereocenters. The number of nitrogens with one attached hydrogen (secondary N) is 1. The molecule has 1 heterocycles. The van der Waals surface area contributed by atoms with Gasteiger partial charge in [-0.25, -0.2) is 4.79 Å². The minimum atomic E-state index is -0.512. The van der Waals surface area contributed by atoms with Gasteiger partial charge in [-0.2, -0.15) is 0 Å². The van der Waals surface area contributed by atoms with Crippen LogP contribution in [0.15, 0.2) is 0 Å². The van der Waals surface area contributed by atoms with E-state index in [9.17, 15) is 9.59 Å². The van der Waals surface area contributed by atoms with Crippen LogP contribution in [0, 0.1) is 5.92 Å². The summed E-state index contributed by atoms with van der Waals surface area (Å²) in [6.45, 7) is 6.74. The highest BCUT2D eigenvalue weighted by atomic mass is 16.6. The summed E-state index contributed by atoms with van der Waals surface area (Å²) in [6.07, 6.45) is 1.25. The second kappa shape index (κ2) is 6.75. The number of methoxy groups -OCH3 is 1. The van der Waals surface area contributed by atoms with Crippen LogP contribution in [0.2, 0.25) is 0 Å². The van der Waals surface area contributed by atoms with Crippen molar-refractivity contribution in [1.29, 1.82) is 0 Å². The molecule has 19 heavy (non-hydrogen) atoms. The van der Waals surface area contributed by atoms with Crippen molar-refractivity contribution in [2.45, 2.75) is 39.2 Å². The van der Waals surface area contributed by atoms with Crippen LogP contribution in [0.5, 0.6) is 0 Å². The zero-order valence-corrected chi connectivity index (χ0v) is 12.2. The number of rotatable bonds is 3. The van der Waals surface area contributed by atoms with Crippen molar-refractivity contribution >= 4 is 12.0 Å². The van der Waals surface area contributed by atoms with Crippen molar-refractivity contribution in [1.82, 2.24) is 10.2 Å². The Kier molecular flexibility index (Phi) is 5.60. The van der Waals surface area contributed by atoms with Crippen molar-refractivity contribution < 1.29 is 19.1 Å². The van der Waals surface area contributed by atoms with Gasteiger partial charge in [-0.3, -0.25) is 4.79 Å². The molecule has 0 bridgehead atoms. The Morgan fingerprint density at radius 1 is 1.37 bits per heavy atom. The van der Waals surface area contributed by atoms with Crippen LogP contribution in [-0.4, -0.2) is 49.4 Å². The third kappa shape index (κ3) is 5.46. The van der Waals surface area contributed by atoms with E-state index >= 15 is 0 Å². The van der Waals surface area contributed by atoms with Crippen LogP contribution < -0.4 is 5.32 Å². The van der Waals surface area contributed by atoms with Gasteiger partial charge >= 0.3 is 6.09 Å². The van der Waals surface area contributed by atoms with E-state index in [1.165, 1.54) is 7.11 Å². The number of hydrogen-bond donors (Lipinski definition) is 1. The molecule has 6 nitrogen and oxygen atoms in total. The first-order chi connectivity index (χ1) is 8.83. The molecule has 1 N–H and O–H groups in total. The maximum absolute atomic E-state index is 11.9. The third-order valence-electron chi connectivity index (χ3n) is 2.83.